The third-order valence-electron chi connectivity index (χ3n) is 3.88. The summed E-state index contributed by atoms with van der Waals surface area (Å²) in [7, 11) is 0. The number of thiazole rings is 1. The van der Waals surface area contributed by atoms with Gasteiger partial charge in [-0.25, -0.2) is 9.97 Å². The van der Waals surface area contributed by atoms with E-state index in [0.29, 0.717) is 35.5 Å². The topological polar surface area (TPSA) is 94.3 Å². The zero-order valence-corrected chi connectivity index (χ0v) is 16.5. The number of carbonyl (C=O) groups excluding carboxylic acids is 2. The number of ether oxygens (including phenoxy) is 1. The molecule has 0 fully saturated rings. The summed E-state index contributed by atoms with van der Waals surface area (Å²) in [5.74, 6) is 0.665. The van der Waals surface area contributed by atoms with Gasteiger partial charge in [0.15, 0.2) is 16.8 Å². The Hall–Kier alpha value is -3.00. The molecule has 2 aromatic heterocycles. The molecule has 1 aromatic carbocycles. The molecule has 8 heteroatoms. The summed E-state index contributed by atoms with van der Waals surface area (Å²) in [6.45, 7) is 4.11. The third-order valence-corrected chi connectivity index (χ3v) is 4.69. The minimum atomic E-state index is -0.334. The Labute approximate surface area is 166 Å². The van der Waals surface area contributed by atoms with Crippen molar-refractivity contribution < 1.29 is 18.7 Å². The molecule has 0 atom stereocenters. The first-order valence-corrected chi connectivity index (χ1v) is 9.83. The number of esters is 1. The highest BCUT2D eigenvalue weighted by Gasteiger charge is 2.12. The van der Waals surface area contributed by atoms with Gasteiger partial charge in [0, 0.05) is 23.8 Å². The van der Waals surface area contributed by atoms with Crippen molar-refractivity contribution in [1.29, 1.82) is 0 Å². The fraction of sp³-hybridized carbons (Fsp3) is 0.300. The lowest BCUT2D eigenvalue weighted by Gasteiger charge is -2.00. The van der Waals surface area contributed by atoms with E-state index >= 15 is 0 Å². The molecule has 3 rings (SSSR count). The van der Waals surface area contributed by atoms with Gasteiger partial charge in [0.05, 0.1) is 24.9 Å². The summed E-state index contributed by atoms with van der Waals surface area (Å²) in [5, 5.41) is 4.92. The molecule has 0 aliphatic rings. The fourth-order valence-corrected chi connectivity index (χ4v) is 3.21. The van der Waals surface area contributed by atoms with Crippen molar-refractivity contribution in [2.24, 2.45) is 0 Å². The van der Waals surface area contributed by atoms with Gasteiger partial charge in [-0.3, -0.25) is 9.59 Å². The second-order valence-electron chi connectivity index (χ2n) is 6.16. The van der Waals surface area contributed by atoms with Crippen LogP contribution < -0.4 is 5.32 Å². The summed E-state index contributed by atoms with van der Waals surface area (Å²) < 4.78 is 10.6. The van der Waals surface area contributed by atoms with E-state index in [4.69, 9.17) is 9.15 Å². The van der Waals surface area contributed by atoms with Crippen molar-refractivity contribution in [3.05, 3.63) is 53.0 Å². The molecule has 0 spiro atoms. The van der Waals surface area contributed by atoms with Gasteiger partial charge >= 0.3 is 5.97 Å². The number of nitrogens with one attached hydrogen (secondary N) is 1. The summed E-state index contributed by atoms with van der Waals surface area (Å²) >= 11 is 1.27. The van der Waals surface area contributed by atoms with Crippen LogP contribution in [-0.2, 0) is 27.2 Å². The smallest absolute Gasteiger partial charge is 0.311 e. The Morgan fingerprint density at radius 1 is 1.25 bits per heavy atom. The van der Waals surface area contributed by atoms with Crippen LogP contribution in [0.1, 0.15) is 30.5 Å². The lowest BCUT2D eigenvalue weighted by atomic mass is 10.1. The maximum atomic E-state index is 12.1. The second-order valence-corrected chi connectivity index (χ2v) is 7.02. The molecule has 0 bridgehead atoms. The number of amides is 1. The predicted octanol–water partition coefficient (Wildman–Crippen LogP) is 3.78. The van der Waals surface area contributed by atoms with E-state index in [-0.39, 0.29) is 24.7 Å². The Balaban J connectivity index is 1.49. The van der Waals surface area contributed by atoms with Crippen molar-refractivity contribution in [2.45, 2.75) is 33.1 Å². The number of hydrogen-bond donors (Lipinski definition) is 1. The first-order valence-electron chi connectivity index (χ1n) is 8.95. The molecule has 1 N–H and O–H groups in total. The monoisotopic (exact) mass is 399 g/mol. The van der Waals surface area contributed by atoms with Gasteiger partial charge in [0.25, 0.3) is 0 Å². The van der Waals surface area contributed by atoms with Crippen LogP contribution in [0.5, 0.6) is 0 Å². The first-order chi connectivity index (χ1) is 13.5. The number of rotatable bonds is 8. The van der Waals surface area contributed by atoms with Gasteiger partial charge < -0.3 is 14.5 Å². The Bertz CT molecular complexity index is 947. The average Bonchev–Trinajstić information content (AvgIpc) is 3.30. The SMILES string of the molecule is CCOC(=O)Cc1csc(NC(=O)CCc2ncc(-c3ccc(C)cc3)o2)n1. The summed E-state index contributed by atoms with van der Waals surface area (Å²) in [4.78, 5) is 32.1. The molecule has 7 nitrogen and oxygen atoms in total. The van der Waals surface area contributed by atoms with Crippen LogP contribution in [-0.4, -0.2) is 28.5 Å². The molecule has 1 amide bonds. The maximum Gasteiger partial charge on any atom is 0.311 e. The van der Waals surface area contributed by atoms with Crippen molar-refractivity contribution in [2.75, 3.05) is 11.9 Å². The molecule has 0 aliphatic carbocycles. The van der Waals surface area contributed by atoms with Crippen LogP contribution in [0.2, 0.25) is 0 Å². The van der Waals surface area contributed by atoms with Crippen molar-refractivity contribution in [3.63, 3.8) is 0 Å². The number of aromatic nitrogens is 2. The maximum absolute atomic E-state index is 12.1. The number of carbonyl (C=O) groups is 2. The van der Waals surface area contributed by atoms with E-state index in [1.54, 1.807) is 18.5 Å². The predicted molar refractivity (Wildman–Crippen MR) is 106 cm³/mol. The first kappa shape index (κ1) is 19.8. The van der Waals surface area contributed by atoms with E-state index < -0.39 is 0 Å². The molecule has 0 saturated heterocycles. The Morgan fingerprint density at radius 3 is 2.79 bits per heavy atom. The van der Waals surface area contributed by atoms with E-state index in [9.17, 15) is 9.59 Å². The lowest BCUT2D eigenvalue weighted by molar-refractivity contribution is -0.142. The largest absolute Gasteiger partial charge is 0.466 e. The average molecular weight is 399 g/mol. The standard InChI is InChI=1S/C20H21N3O4S/c1-3-26-19(25)10-15-12-28-20(22-15)23-17(24)8-9-18-21-11-16(27-18)14-6-4-13(2)5-7-14/h4-7,11-12H,3,8-10H2,1-2H3,(H,22,23,24). The molecular weight excluding hydrogens is 378 g/mol. The van der Waals surface area contributed by atoms with Gasteiger partial charge in [0.2, 0.25) is 5.91 Å². The minimum Gasteiger partial charge on any atom is -0.466 e. The van der Waals surface area contributed by atoms with Crippen LogP contribution in [0.15, 0.2) is 40.3 Å². The molecule has 3 aromatic rings. The molecular formula is C20H21N3O4S. The fourth-order valence-electron chi connectivity index (χ4n) is 2.48. The van der Waals surface area contributed by atoms with Crippen molar-refractivity contribution in [3.8, 4) is 11.3 Å². The van der Waals surface area contributed by atoms with E-state index in [2.05, 4.69) is 15.3 Å². The van der Waals surface area contributed by atoms with E-state index in [1.807, 2.05) is 31.2 Å². The van der Waals surface area contributed by atoms with Gasteiger partial charge in [-0.1, -0.05) is 29.8 Å². The van der Waals surface area contributed by atoms with Gasteiger partial charge in [-0.05, 0) is 13.8 Å². The van der Waals surface area contributed by atoms with Crippen LogP contribution in [0.4, 0.5) is 5.13 Å². The van der Waals surface area contributed by atoms with Gasteiger partial charge in [-0.15, -0.1) is 11.3 Å². The lowest BCUT2D eigenvalue weighted by Crippen LogP contribution is -2.12. The number of hydrogen-bond acceptors (Lipinski definition) is 7. The van der Waals surface area contributed by atoms with Crippen LogP contribution in [0.3, 0.4) is 0 Å². The van der Waals surface area contributed by atoms with Gasteiger partial charge in [-0.2, -0.15) is 0 Å². The number of nitrogens with zero attached hydrogens (tertiary/aromatic N) is 2. The summed E-state index contributed by atoms with van der Waals surface area (Å²) in [5.41, 5.74) is 2.70. The van der Waals surface area contributed by atoms with Crippen LogP contribution >= 0.6 is 11.3 Å². The van der Waals surface area contributed by atoms with Crippen molar-refractivity contribution in [1.82, 2.24) is 9.97 Å². The molecule has 0 saturated carbocycles. The molecule has 146 valence electrons. The Kier molecular flexibility index (Phi) is 6.54. The number of oxazole rings is 1. The molecule has 2 heterocycles. The number of benzene rings is 1. The van der Waals surface area contributed by atoms with Crippen LogP contribution in [0, 0.1) is 6.92 Å². The third kappa shape index (κ3) is 5.50. The van der Waals surface area contributed by atoms with E-state index in [0.717, 1.165) is 5.56 Å². The van der Waals surface area contributed by atoms with Crippen LogP contribution in [0.25, 0.3) is 11.3 Å². The highest BCUT2D eigenvalue weighted by molar-refractivity contribution is 7.13. The number of aryl methyl sites for hydroxylation is 2. The van der Waals surface area contributed by atoms with E-state index in [1.165, 1.54) is 16.9 Å². The molecule has 28 heavy (non-hydrogen) atoms. The molecule has 0 radical (unpaired) electrons. The van der Waals surface area contributed by atoms with Crippen molar-refractivity contribution >= 4 is 28.3 Å². The Morgan fingerprint density at radius 2 is 2.04 bits per heavy atom. The van der Waals surface area contributed by atoms with Gasteiger partial charge in [0.1, 0.15) is 0 Å². The summed E-state index contributed by atoms with van der Waals surface area (Å²) in [6.07, 6.45) is 2.37. The second kappa shape index (κ2) is 9.27. The quantitative estimate of drug-likeness (QED) is 0.579. The molecule has 0 unspecified atom stereocenters. The highest BCUT2D eigenvalue weighted by Crippen LogP contribution is 2.21. The summed E-state index contributed by atoms with van der Waals surface area (Å²) in [6, 6.07) is 7.97. The zero-order chi connectivity index (χ0) is 19.9. The highest BCUT2D eigenvalue weighted by atomic mass is 32.1. The minimum absolute atomic E-state index is 0.0955. The normalized spacial score (nSPS) is 10.6. The number of anilines is 1. The molecule has 0 aliphatic heterocycles. The zero-order valence-electron chi connectivity index (χ0n) is 15.7.